The first-order valence-electron chi connectivity index (χ1n) is 10.8. The number of benzene rings is 2. The molecule has 3 rings (SSSR count). The van der Waals surface area contributed by atoms with E-state index in [0.29, 0.717) is 18.9 Å². The fourth-order valence-electron chi connectivity index (χ4n) is 4.53. The van der Waals surface area contributed by atoms with Crippen LogP contribution < -0.4 is 40.0 Å². The standard InChI is InChI=1S/C25H32N2O4.Na/c1-18-16-27(12-11-25(18,2)21-9-6-10-22(28)14-21)17-20(24(31)26-15-23(29)30)13-19-7-4-3-5-8-19;/h3-10,14,18,20,28H,11-13,15-17H2,1-2H3,(H,26,31)(H,29,30);/q;+1/p-1/t18-,20-,25?;/m0./s1. The number of amides is 1. The summed E-state index contributed by atoms with van der Waals surface area (Å²) < 4.78 is 0. The zero-order valence-corrected chi connectivity index (χ0v) is 21.2. The molecule has 0 bridgehead atoms. The first kappa shape index (κ1) is 26.4. The Balaban J connectivity index is 0.00000363. The molecule has 2 aromatic carbocycles. The van der Waals surface area contributed by atoms with Gasteiger partial charge in [0.05, 0.1) is 18.4 Å². The molecule has 166 valence electrons. The van der Waals surface area contributed by atoms with Crippen molar-refractivity contribution in [1.29, 1.82) is 0 Å². The van der Waals surface area contributed by atoms with Crippen LogP contribution >= 0.6 is 0 Å². The van der Waals surface area contributed by atoms with Gasteiger partial charge < -0.3 is 25.2 Å². The number of carboxylic acids is 1. The maximum Gasteiger partial charge on any atom is 1.00 e. The van der Waals surface area contributed by atoms with Gasteiger partial charge >= 0.3 is 29.6 Å². The average Bonchev–Trinajstić information content (AvgIpc) is 2.75. The number of hydrogen-bond acceptors (Lipinski definition) is 5. The Bertz CT molecular complexity index is 908. The Morgan fingerprint density at radius 1 is 1.22 bits per heavy atom. The Morgan fingerprint density at radius 3 is 2.56 bits per heavy atom. The molecule has 1 unspecified atom stereocenters. The molecule has 1 aliphatic heterocycles. The van der Waals surface area contributed by atoms with Crippen LogP contribution in [0.4, 0.5) is 0 Å². The van der Waals surface area contributed by atoms with Gasteiger partial charge in [-0.05, 0) is 54.0 Å². The summed E-state index contributed by atoms with van der Waals surface area (Å²) in [5.41, 5.74) is 2.12. The van der Waals surface area contributed by atoms with Crippen molar-refractivity contribution in [2.75, 3.05) is 26.2 Å². The van der Waals surface area contributed by atoms with Gasteiger partial charge in [-0.2, -0.15) is 0 Å². The number of nitrogens with zero attached hydrogens (tertiary/aromatic N) is 1. The van der Waals surface area contributed by atoms with E-state index in [1.165, 1.54) is 0 Å². The van der Waals surface area contributed by atoms with E-state index in [1.54, 1.807) is 6.07 Å². The van der Waals surface area contributed by atoms with Gasteiger partial charge in [-0.15, -0.1) is 0 Å². The number of nitrogens with one attached hydrogen (secondary N) is 1. The number of phenolic OH excluding ortho intramolecular Hbond substituents is 1. The quantitative estimate of drug-likeness (QED) is 0.493. The molecule has 0 saturated carbocycles. The molecule has 2 aromatic rings. The number of piperidine rings is 1. The van der Waals surface area contributed by atoms with Crippen LogP contribution in [-0.4, -0.2) is 48.1 Å². The van der Waals surface area contributed by atoms with E-state index < -0.39 is 12.5 Å². The maximum absolute atomic E-state index is 12.7. The number of aliphatic carboxylic acids is 1. The second kappa shape index (κ2) is 11.8. The smallest absolute Gasteiger partial charge is 0.548 e. The SMILES string of the molecule is C[C@H]1CN(C[C@H](Cc2ccccc2)C(=O)NCC(=O)[O-])CCC1(C)c1cccc(O)c1.[Na+]. The van der Waals surface area contributed by atoms with Crippen LogP contribution in [0.3, 0.4) is 0 Å². The molecular weight excluding hydrogens is 415 g/mol. The average molecular weight is 447 g/mol. The van der Waals surface area contributed by atoms with Gasteiger partial charge in [0.2, 0.25) is 5.91 Å². The van der Waals surface area contributed by atoms with Gasteiger partial charge in [-0.3, -0.25) is 4.79 Å². The minimum atomic E-state index is -1.29. The third-order valence-electron chi connectivity index (χ3n) is 6.65. The van der Waals surface area contributed by atoms with Crippen molar-refractivity contribution < 1.29 is 49.4 Å². The van der Waals surface area contributed by atoms with Crippen molar-refractivity contribution in [3.8, 4) is 5.75 Å². The Morgan fingerprint density at radius 2 is 1.94 bits per heavy atom. The van der Waals surface area contributed by atoms with Gasteiger partial charge in [0.1, 0.15) is 5.75 Å². The zero-order valence-electron chi connectivity index (χ0n) is 19.2. The molecule has 1 aliphatic rings. The molecule has 6 nitrogen and oxygen atoms in total. The second-order valence-corrected chi connectivity index (χ2v) is 8.85. The molecule has 32 heavy (non-hydrogen) atoms. The zero-order chi connectivity index (χ0) is 22.4. The Kier molecular flexibility index (Phi) is 9.77. The molecule has 2 N–H and O–H groups in total. The van der Waals surface area contributed by atoms with Crippen molar-refractivity contribution in [3.05, 3.63) is 65.7 Å². The number of carboxylic acid groups (broad SMARTS) is 1. The first-order chi connectivity index (χ1) is 14.8. The minimum Gasteiger partial charge on any atom is -0.548 e. The normalized spacial score (nSPS) is 21.9. The van der Waals surface area contributed by atoms with Crippen molar-refractivity contribution in [3.63, 3.8) is 0 Å². The second-order valence-electron chi connectivity index (χ2n) is 8.85. The predicted molar refractivity (Wildman–Crippen MR) is 117 cm³/mol. The summed E-state index contributed by atoms with van der Waals surface area (Å²) in [5, 5.41) is 23.2. The van der Waals surface area contributed by atoms with Crippen LogP contribution in [0.1, 0.15) is 31.4 Å². The van der Waals surface area contributed by atoms with Crippen molar-refractivity contribution in [2.45, 2.75) is 32.1 Å². The molecule has 1 amide bonds. The first-order valence-corrected chi connectivity index (χ1v) is 10.8. The van der Waals surface area contributed by atoms with Gasteiger partial charge in [0, 0.05) is 13.1 Å². The summed E-state index contributed by atoms with van der Waals surface area (Å²) in [6, 6.07) is 17.3. The Labute approximate surface area is 212 Å². The number of carbonyl (C=O) groups excluding carboxylic acids is 2. The molecule has 1 fully saturated rings. The molecule has 0 aromatic heterocycles. The molecule has 3 atom stereocenters. The fourth-order valence-corrected chi connectivity index (χ4v) is 4.53. The van der Waals surface area contributed by atoms with Crippen LogP contribution in [0, 0.1) is 11.8 Å². The third-order valence-corrected chi connectivity index (χ3v) is 6.65. The van der Waals surface area contributed by atoms with Crippen LogP contribution in [0.15, 0.2) is 54.6 Å². The van der Waals surface area contributed by atoms with Crippen LogP contribution in [0.2, 0.25) is 0 Å². The van der Waals surface area contributed by atoms with Gasteiger partial charge in [0.25, 0.3) is 0 Å². The van der Waals surface area contributed by atoms with E-state index in [4.69, 9.17) is 0 Å². The summed E-state index contributed by atoms with van der Waals surface area (Å²) in [5.74, 6) is -1.30. The summed E-state index contributed by atoms with van der Waals surface area (Å²) in [4.78, 5) is 25.8. The van der Waals surface area contributed by atoms with Crippen molar-refractivity contribution in [1.82, 2.24) is 10.2 Å². The molecule has 0 aliphatic carbocycles. The maximum atomic E-state index is 12.7. The van der Waals surface area contributed by atoms with E-state index in [9.17, 15) is 19.8 Å². The topological polar surface area (TPSA) is 92.7 Å². The fraction of sp³-hybridized carbons (Fsp3) is 0.440. The summed E-state index contributed by atoms with van der Waals surface area (Å²) >= 11 is 0. The minimum absolute atomic E-state index is 0. The number of aromatic hydroxyl groups is 1. The van der Waals surface area contributed by atoms with Crippen LogP contribution in [-0.2, 0) is 21.4 Å². The van der Waals surface area contributed by atoms with E-state index >= 15 is 0 Å². The molecule has 7 heteroatoms. The van der Waals surface area contributed by atoms with E-state index in [1.807, 2.05) is 42.5 Å². The summed E-state index contributed by atoms with van der Waals surface area (Å²) in [6.07, 6.45) is 1.46. The van der Waals surface area contributed by atoms with Crippen molar-refractivity contribution in [2.24, 2.45) is 11.8 Å². The van der Waals surface area contributed by atoms with E-state index in [-0.39, 0.29) is 52.5 Å². The van der Waals surface area contributed by atoms with Gasteiger partial charge in [-0.1, -0.05) is 56.3 Å². The largest absolute Gasteiger partial charge is 1.00 e. The van der Waals surface area contributed by atoms with Crippen molar-refractivity contribution >= 4 is 11.9 Å². The monoisotopic (exact) mass is 446 g/mol. The molecule has 1 saturated heterocycles. The van der Waals surface area contributed by atoms with Gasteiger partial charge in [-0.25, -0.2) is 0 Å². The van der Waals surface area contributed by atoms with E-state index in [0.717, 1.165) is 30.6 Å². The number of likely N-dealkylation sites (tertiary alicyclic amines) is 1. The number of phenols is 1. The number of hydrogen-bond donors (Lipinski definition) is 2. The molecule has 0 radical (unpaired) electrons. The molecule has 0 spiro atoms. The van der Waals surface area contributed by atoms with Gasteiger partial charge in [0.15, 0.2) is 0 Å². The predicted octanol–water partition coefficient (Wildman–Crippen LogP) is -1.28. The Hall–Kier alpha value is -1.86. The summed E-state index contributed by atoms with van der Waals surface area (Å²) in [7, 11) is 0. The number of rotatable bonds is 8. The molecular formula is C25H31N2NaO4. The number of carbonyl (C=O) groups is 2. The van der Waals surface area contributed by atoms with Crippen LogP contribution in [0.25, 0.3) is 0 Å². The van der Waals surface area contributed by atoms with E-state index in [2.05, 4.69) is 30.1 Å². The van der Waals surface area contributed by atoms with Crippen LogP contribution in [0.5, 0.6) is 5.75 Å². The summed E-state index contributed by atoms with van der Waals surface area (Å²) in [6.45, 7) is 6.18. The third kappa shape index (κ3) is 6.82. The molecule has 1 heterocycles.